The lowest BCUT2D eigenvalue weighted by molar-refractivity contribution is 0.161. The van der Waals surface area contributed by atoms with Gasteiger partial charge in [-0.3, -0.25) is 4.90 Å². The third-order valence-electron chi connectivity index (χ3n) is 3.53. The number of nitrogens with one attached hydrogen (secondary N) is 1. The number of phenols is 1. The topological polar surface area (TPSA) is 35.5 Å². The van der Waals surface area contributed by atoms with Crippen LogP contribution in [0.3, 0.4) is 0 Å². The highest BCUT2D eigenvalue weighted by molar-refractivity contribution is 5.85. The second kappa shape index (κ2) is 9.40. The highest BCUT2D eigenvalue weighted by Crippen LogP contribution is 2.33. The molecule has 0 saturated carbocycles. The third-order valence-corrected chi connectivity index (χ3v) is 3.53. The molecule has 1 aromatic rings. The number of halogens is 3. The van der Waals surface area contributed by atoms with Gasteiger partial charge >= 0.3 is 0 Å². The smallest absolute Gasteiger partial charge is 0.165 e. The van der Waals surface area contributed by atoms with Gasteiger partial charge in [-0.15, -0.1) is 24.8 Å². The van der Waals surface area contributed by atoms with Crippen LogP contribution in [0.4, 0.5) is 4.39 Å². The Morgan fingerprint density at radius 2 is 1.95 bits per heavy atom. The largest absolute Gasteiger partial charge is 0.505 e. The maximum absolute atomic E-state index is 13.5. The van der Waals surface area contributed by atoms with E-state index in [2.05, 4.69) is 17.1 Å². The van der Waals surface area contributed by atoms with E-state index < -0.39 is 5.82 Å². The van der Waals surface area contributed by atoms with E-state index in [0.29, 0.717) is 0 Å². The molecule has 1 aromatic carbocycles. The Kier molecular flexibility index (Phi) is 9.14. The molecule has 2 rings (SSSR count). The summed E-state index contributed by atoms with van der Waals surface area (Å²) < 4.78 is 13.5. The van der Waals surface area contributed by atoms with E-state index >= 15 is 0 Å². The second-order valence-electron chi connectivity index (χ2n) is 4.77. The SMILES string of the molecule is CCC[C@@H](c1cccc(F)c1O)N1CCNCC1.Cl.Cl. The molecule has 0 aromatic heterocycles. The normalized spacial score (nSPS) is 16.9. The molecule has 0 radical (unpaired) electrons. The molecule has 0 bridgehead atoms. The van der Waals surface area contributed by atoms with E-state index in [4.69, 9.17) is 0 Å². The lowest BCUT2D eigenvalue weighted by atomic mass is 9.98. The summed E-state index contributed by atoms with van der Waals surface area (Å²) in [7, 11) is 0. The molecule has 0 aliphatic carbocycles. The number of rotatable bonds is 4. The molecule has 6 heteroatoms. The molecular weight excluding hydrogens is 302 g/mol. The fourth-order valence-electron chi connectivity index (χ4n) is 2.60. The summed E-state index contributed by atoms with van der Waals surface area (Å²) in [6.07, 6.45) is 1.96. The zero-order chi connectivity index (χ0) is 13.0. The fourth-order valence-corrected chi connectivity index (χ4v) is 2.60. The first-order chi connectivity index (χ1) is 8.74. The monoisotopic (exact) mass is 324 g/mol. The number of para-hydroxylation sites is 1. The minimum Gasteiger partial charge on any atom is -0.505 e. The van der Waals surface area contributed by atoms with Gasteiger partial charge in [0.05, 0.1) is 0 Å². The summed E-state index contributed by atoms with van der Waals surface area (Å²) in [6.45, 7) is 5.92. The van der Waals surface area contributed by atoms with Crippen molar-refractivity contribution in [3.8, 4) is 5.75 Å². The van der Waals surface area contributed by atoms with Crippen LogP contribution in [0.1, 0.15) is 31.4 Å². The molecule has 116 valence electrons. The molecule has 0 unspecified atom stereocenters. The molecule has 1 atom stereocenters. The lowest BCUT2D eigenvalue weighted by Gasteiger charge is -2.35. The van der Waals surface area contributed by atoms with Crippen LogP contribution in [-0.2, 0) is 0 Å². The van der Waals surface area contributed by atoms with Crippen LogP contribution in [0.5, 0.6) is 5.75 Å². The van der Waals surface area contributed by atoms with Gasteiger partial charge in [-0.1, -0.05) is 25.5 Å². The van der Waals surface area contributed by atoms with Crippen molar-refractivity contribution in [1.82, 2.24) is 10.2 Å². The third kappa shape index (κ3) is 4.48. The van der Waals surface area contributed by atoms with Crippen LogP contribution in [0.2, 0.25) is 0 Å². The van der Waals surface area contributed by atoms with Gasteiger partial charge in [0.25, 0.3) is 0 Å². The molecule has 0 amide bonds. The first kappa shape index (κ1) is 19.4. The molecule has 3 nitrogen and oxygen atoms in total. The van der Waals surface area contributed by atoms with Crippen molar-refractivity contribution in [3.05, 3.63) is 29.6 Å². The molecular formula is C14H23Cl2FN2O. The van der Waals surface area contributed by atoms with Gasteiger partial charge in [0.15, 0.2) is 11.6 Å². The maximum Gasteiger partial charge on any atom is 0.165 e. The van der Waals surface area contributed by atoms with Crippen LogP contribution in [-0.4, -0.2) is 36.2 Å². The van der Waals surface area contributed by atoms with E-state index in [0.717, 1.165) is 44.6 Å². The minimum absolute atomic E-state index is 0. The van der Waals surface area contributed by atoms with Crippen molar-refractivity contribution in [3.63, 3.8) is 0 Å². The van der Waals surface area contributed by atoms with E-state index in [-0.39, 0.29) is 36.6 Å². The summed E-state index contributed by atoms with van der Waals surface area (Å²) in [4.78, 5) is 2.33. The summed E-state index contributed by atoms with van der Waals surface area (Å²) >= 11 is 0. The fraction of sp³-hybridized carbons (Fsp3) is 0.571. The standard InChI is InChI=1S/C14H21FN2O.2ClH/c1-2-4-13(17-9-7-16-8-10-17)11-5-3-6-12(15)14(11)18;;/h3,5-6,13,16,18H,2,4,7-10H2,1H3;2*1H/t13-;;/m0../s1. The Balaban J connectivity index is 0.00000180. The van der Waals surface area contributed by atoms with Crippen LogP contribution in [0.25, 0.3) is 0 Å². The average Bonchev–Trinajstić information content (AvgIpc) is 2.41. The number of aromatic hydroxyl groups is 1. The van der Waals surface area contributed by atoms with Crippen molar-refractivity contribution in [1.29, 1.82) is 0 Å². The van der Waals surface area contributed by atoms with E-state index in [1.165, 1.54) is 6.07 Å². The zero-order valence-corrected chi connectivity index (χ0v) is 13.3. The molecule has 2 N–H and O–H groups in total. The van der Waals surface area contributed by atoms with E-state index in [1.807, 2.05) is 6.07 Å². The van der Waals surface area contributed by atoms with Crippen molar-refractivity contribution < 1.29 is 9.50 Å². The molecule has 1 saturated heterocycles. The molecule has 1 aliphatic heterocycles. The van der Waals surface area contributed by atoms with Gasteiger partial charge < -0.3 is 10.4 Å². The van der Waals surface area contributed by atoms with Crippen molar-refractivity contribution in [2.24, 2.45) is 0 Å². The summed E-state index contributed by atoms with van der Waals surface area (Å²) in [6, 6.07) is 4.93. The first-order valence-electron chi connectivity index (χ1n) is 6.66. The maximum atomic E-state index is 13.5. The van der Waals surface area contributed by atoms with Gasteiger partial charge in [-0.05, 0) is 12.5 Å². The highest BCUT2D eigenvalue weighted by Gasteiger charge is 2.24. The van der Waals surface area contributed by atoms with Gasteiger partial charge in [-0.2, -0.15) is 0 Å². The van der Waals surface area contributed by atoms with Crippen molar-refractivity contribution >= 4 is 24.8 Å². The van der Waals surface area contributed by atoms with Crippen molar-refractivity contribution in [2.75, 3.05) is 26.2 Å². The number of benzene rings is 1. The Morgan fingerprint density at radius 1 is 1.30 bits per heavy atom. The molecule has 1 heterocycles. The van der Waals surface area contributed by atoms with Crippen LogP contribution >= 0.6 is 24.8 Å². The van der Waals surface area contributed by atoms with Crippen LogP contribution in [0.15, 0.2) is 18.2 Å². The summed E-state index contributed by atoms with van der Waals surface area (Å²) in [5.41, 5.74) is 0.721. The first-order valence-corrected chi connectivity index (χ1v) is 6.66. The summed E-state index contributed by atoms with van der Waals surface area (Å²) in [5, 5.41) is 13.2. The minimum atomic E-state index is -0.524. The van der Waals surface area contributed by atoms with Crippen LogP contribution in [0, 0.1) is 5.82 Å². The molecule has 1 aliphatic rings. The number of phenolic OH excluding ortho intramolecular Hbond substituents is 1. The van der Waals surface area contributed by atoms with Crippen molar-refractivity contribution in [2.45, 2.75) is 25.8 Å². The molecule has 0 spiro atoms. The lowest BCUT2D eigenvalue weighted by Crippen LogP contribution is -2.45. The Morgan fingerprint density at radius 3 is 2.55 bits per heavy atom. The Bertz CT molecular complexity index is 401. The Labute approximate surface area is 132 Å². The van der Waals surface area contributed by atoms with Gasteiger partial charge in [0.1, 0.15) is 0 Å². The summed E-state index contributed by atoms with van der Waals surface area (Å²) in [5.74, 6) is -0.710. The predicted molar refractivity (Wildman–Crippen MR) is 84.7 cm³/mol. The zero-order valence-electron chi connectivity index (χ0n) is 11.6. The van der Waals surface area contributed by atoms with Crippen LogP contribution < -0.4 is 5.32 Å². The number of piperazine rings is 1. The predicted octanol–water partition coefficient (Wildman–Crippen LogP) is 3.12. The van der Waals surface area contributed by atoms with Gasteiger partial charge in [0, 0.05) is 37.8 Å². The number of nitrogens with zero attached hydrogens (tertiary/aromatic N) is 1. The van der Waals surface area contributed by atoms with E-state index in [9.17, 15) is 9.50 Å². The number of hydrogen-bond donors (Lipinski definition) is 2. The average molecular weight is 325 g/mol. The van der Waals surface area contributed by atoms with E-state index in [1.54, 1.807) is 6.07 Å². The molecule has 1 fully saturated rings. The highest BCUT2D eigenvalue weighted by atomic mass is 35.5. The number of hydrogen-bond acceptors (Lipinski definition) is 3. The van der Waals surface area contributed by atoms with Gasteiger partial charge in [-0.25, -0.2) is 4.39 Å². The quantitative estimate of drug-likeness (QED) is 0.893. The molecule has 20 heavy (non-hydrogen) atoms. The second-order valence-corrected chi connectivity index (χ2v) is 4.77. The Hall–Kier alpha value is -0.550. The van der Waals surface area contributed by atoms with Gasteiger partial charge in [0.2, 0.25) is 0 Å².